The average Bonchev–Trinajstić information content (AvgIpc) is 2.46. The Kier molecular flexibility index (Phi) is 3.88. The number of halogens is 3. The summed E-state index contributed by atoms with van der Waals surface area (Å²) in [7, 11) is 1.41. The van der Waals surface area contributed by atoms with Gasteiger partial charge in [0, 0.05) is 11.1 Å². The number of nitrogens with two attached hydrogens (primary N) is 1. The molecule has 2 aromatic carbocycles. The first-order valence-electron chi connectivity index (χ1n) is 5.99. The zero-order chi connectivity index (χ0) is 15.6. The van der Waals surface area contributed by atoms with Crippen molar-refractivity contribution in [2.75, 3.05) is 12.8 Å². The summed E-state index contributed by atoms with van der Waals surface area (Å²) >= 11 is 0. The summed E-state index contributed by atoms with van der Waals surface area (Å²) in [5.74, 6) is -0.118. The van der Waals surface area contributed by atoms with Gasteiger partial charge in [-0.25, -0.2) is 0 Å². The molecule has 0 fully saturated rings. The van der Waals surface area contributed by atoms with E-state index < -0.39 is 17.5 Å². The van der Waals surface area contributed by atoms with Gasteiger partial charge in [0.25, 0.3) is 0 Å². The van der Waals surface area contributed by atoms with Crippen LogP contribution in [0, 0.1) is 0 Å². The molecule has 0 bridgehead atoms. The number of hydrogen-bond acceptors (Lipinski definition) is 3. The second-order valence-corrected chi connectivity index (χ2v) is 4.33. The molecule has 0 aliphatic heterocycles. The van der Waals surface area contributed by atoms with E-state index in [1.807, 2.05) is 0 Å². The van der Waals surface area contributed by atoms with E-state index in [1.165, 1.54) is 13.2 Å². The second-order valence-electron chi connectivity index (χ2n) is 4.33. The highest BCUT2D eigenvalue weighted by molar-refractivity contribution is 6.12. The van der Waals surface area contributed by atoms with Gasteiger partial charge in [0.2, 0.25) is 0 Å². The number of ketones is 1. The molecule has 0 amide bonds. The molecule has 0 spiro atoms. The van der Waals surface area contributed by atoms with E-state index in [0.717, 1.165) is 24.3 Å². The van der Waals surface area contributed by atoms with Crippen LogP contribution in [0.25, 0.3) is 0 Å². The molecule has 0 aliphatic carbocycles. The van der Waals surface area contributed by atoms with Gasteiger partial charge in [-0.1, -0.05) is 18.2 Å². The molecule has 0 saturated heterocycles. The van der Waals surface area contributed by atoms with Gasteiger partial charge < -0.3 is 10.5 Å². The smallest absolute Gasteiger partial charge is 0.416 e. The fraction of sp³-hybridized carbons (Fsp3) is 0.133. The van der Waals surface area contributed by atoms with E-state index in [2.05, 4.69) is 0 Å². The van der Waals surface area contributed by atoms with Crippen LogP contribution in [0.2, 0.25) is 0 Å². The number of carbonyl (C=O) groups is 1. The summed E-state index contributed by atoms with van der Waals surface area (Å²) in [5.41, 5.74) is 5.47. The highest BCUT2D eigenvalue weighted by atomic mass is 19.4. The molecule has 0 heterocycles. The number of benzene rings is 2. The fourth-order valence-corrected chi connectivity index (χ4v) is 1.89. The molecular formula is C15H12F3NO2. The van der Waals surface area contributed by atoms with Crippen LogP contribution < -0.4 is 10.5 Å². The maximum Gasteiger partial charge on any atom is 0.416 e. The Morgan fingerprint density at radius 1 is 1.10 bits per heavy atom. The Balaban J connectivity index is 2.37. The molecular weight excluding hydrogens is 283 g/mol. The highest BCUT2D eigenvalue weighted by Gasteiger charge is 2.30. The van der Waals surface area contributed by atoms with Crippen molar-refractivity contribution in [1.29, 1.82) is 0 Å². The Morgan fingerprint density at radius 2 is 1.71 bits per heavy atom. The van der Waals surface area contributed by atoms with Crippen molar-refractivity contribution >= 4 is 11.5 Å². The first-order chi connectivity index (χ1) is 9.84. The van der Waals surface area contributed by atoms with Crippen molar-refractivity contribution in [3.63, 3.8) is 0 Å². The molecule has 0 radical (unpaired) electrons. The number of para-hydroxylation sites is 1. The number of carbonyl (C=O) groups excluding carboxylic acids is 1. The summed E-state index contributed by atoms with van der Waals surface area (Å²) in [5, 5.41) is 0. The van der Waals surface area contributed by atoms with Crippen LogP contribution in [0.1, 0.15) is 21.5 Å². The Bertz CT molecular complexity index is 664. The minimum Gasteiger partial charge on any atom is -0.495 e. The zero-order valence-electron chi connectivity index (χ0n) is 11.1. The summed E-state index contributed by atoms with van der Waals surface area (Å²) in [4.78, 5) is 12.3. The number of anilines is 1. The van der Waals surface area contributed by atoms with Crippen LogP contribution in [0.5, 0.6) is 5.75 Å². The number of alkyl halides is 3. The molecule has 110 valence electrons. The van der Waals surface area contributed by atoms with Gasteiger partial charge >= 0.3 is 6.18 Å². The number of nitrogen functional groups attached to an aromatic ring is 1. The summed E-state index contributed by atoms with van der Waals surface area (Å²) < 4.78 is 42.5. The number of hydrogen-bond donors (Lipinski definition) is 1. The van der Waals surface area contributed by atoms with Crippen LogP contribution in [0.4, 0.5) is 18.9 Å². The number of methoxy groups -OCH3 is 1. The van der Waals surface area contributed by atoms with E-state index in [0.29, 0.717) is 5.75 Å². The van der Waals surface area contributed by atoms with E-state index in [-0.39, 0.29) is 16.8 Å². The van der Waals surface area contributed by atoms with E-state index in [4.69, 9.17) is 10.5 Å². The van der Waals surface area contributed by atoms with Gasteiger partial charge in [-0.15, -0.1) is 0 Å². The summed E-state index contributed by atoms with van der Waals surface area (Å²) in [6.45, 7) is 0. The monoisotopic (exact) mass is 295 g/mol. The molecule has 6 heteroatoms. The molecule has 0 unspecified atom stereocenters. The lowest BCUT2D eigenvalue weighted by molar-refractivity contribution is -0.137. The highest BCUT2D eigenvalue weighted by Crippen LogP contribution is 2.30. The predicted octanol–water partition coefficient (Wildman–Crippen LogP) is 3.53. The van der Waals surface area contributed by atoms with E-state index >= 15 is 0 Å². The second kappa shape index (κ2) is 5.47. The van der Waals surface area contributed by atoms with Gasteiger partial charge in [0.1, 0.15) is 5.75 Å². The van der Waals surface area contributed by atoms with Gasteiger partial charge in [-0.3, -0.25) is 4.79 Å². The summed E-state index contributed by atoms with van der Waals surface area (Å²) in [6, 6.07) is 8.67. The van der Waals surface area contributed by atoms with E-state index in [1.54, 1.807) is 12.1 Å². The molecule has 2 rings (SSSR count). The van der Waals surface area contributed by atoms with Crippen molar-refractivity contribution in [1.82, 2.24) is 0 Å². The molecule has 0 saturated carbocycles. The van der Waals surface area contributed by atoms with Crippen molar-refractivity contribution in [3.8, 4) is 5.75 Å². The quantitative estimate of drug-likeness (QED) is 0.696. The molecule has 21 heavy (non-hydrogen) atoms. The number of ether oxygens (including phenoxy) is 1. The SMILES string of the molecule is COc1cccc(C(=O)c2ccc(C(F)(F)F)cc2)c1N. The van der Waals surface area contributed by atoms with Gasteiger partial charge in [0.15, 0.2) is 5.78 Å². The Labute approximate surface area is 119 Å². The predicted molar refractivity (Wildman–Crippen MR) is 72.3 cm³/mol. The minimum absolute atomic E-state index is 0.128. The summed E-state index contributed by atoms with van der Waals surface area (Å²) in [6.07, 6.45) is -4.43. The molecule has 0 atom stereocenters. The third-order valence-corrected chi connectivity index (χ3v) is 3.01. The standard InChI is InChI=1S/C15H12F3NO2/c1-21-12-4-2-3-11(13(12)19)14(20)9-5-7-10(8-6-9)15(16,17)18/h2-8H,19H2,1H3. The molecule has 2 N–H and O–H groups in total. The topological polar surface area (TPSA) is 52.3 Å². The van der Waals surface area contributed by atoms with Gasteiger partial charge in [-0.05, 0) is 24.3 Å². The third kappa shape index (κ3) is 2.99. The molecule has 0 aromatic heterocycles. The van der Waals surface area contributed by atoms with Gasteiger partial charge in [-0.2, -0.15) is 13.2 Å². The lowest BCUT2D eigenvalue weighted by atomic mass is 10.00. The van der Waals surface area contributed by atoms with Crippen LogP contribution in [-0.4, -0.2) is 12.9 Å². The third-order valence-electron chi connectivity index (χ3n) is 3.01. The maximum atomic E-state index is 12.5. The van der Waals surface area contributed by atoms with Crippen molar-refractivity contribution in [3.05, 3.63) is 59.2 Å². The zero-order valence-corrected chi connectivity index (χ0v) is 11.1. The largest absolute Gasteiger partial charge is 0.495 e. The number of rotatable bonds is 3. The first kappa shape index (κ1) is 14.9. The fourth-order valence-electron chi connectivity index (χ4n) is 1.89. The average molecular weight is 295 g/mol. The van der Waals surface area contributed by atoms with Crippen molar-refractivity contribution < 1.29 is 22.7 Å². The first-order valence-corrected chi connectivity index (χ1v) is 5.99. The van der Waals surface area contributed by atoms with Crippen LogP contribution in [0.3, 0.4) is 0 Å². The maximum absolute atomic E-state index is 12.5. The van der Waals surface area contributed by atoms with Gasteiger partial charge in [0.05, 0.1) is 18.4 Å². The van der Waals surface area contributed by atoms with E-state index in [9.17, 15) is 18.0 Å². The van der Waals surface area contributed by atoms with Crippen molar-refractivity contribution in [2.24, 2.45) is 0 Å². The Hall–Kier alpha value is -2.50. The molecule has 2 aromatic rings. The lowest BCUT2D eigenvalue weighted by Gasteiger charge is -2.10. The van der Waals surface area contributed by atoms with Crippen LogP contribution >= 0.6 is 0 Å². The molecule has 3 nitrogen and oxygen atoms in total. The lowest BCUT2D eigenvalue weighted by Crippen LogP contribution is -2.08. The minimum atomic E-state index is -4.43. The van der Waals surface area contributed by atoms with Crippen molar-refractivity contribution in [2.45, 2.75) is 6.18 Å². The Morgan fingerprint density at radius 3 is 2.24 bits per heavy atom. The van der Waals surface area contributed by atoms with Crippen LogP contribution in [-0.2, 0) is 6.18 Å². The molecule has 0 aliphatic rings. The normalized spacial score (nSPS) is 11.2. The van der Waals surface area contributed by atoms with Crippen LogP contribution in [0.15, 0.2) is 42.5 Å².